The summed E-state index contributed by atoms with van der Waals surface area (Å²) in [7, 11) is 0. The third-order valence-corrected chi connectivity index (χ3v) is 2.35. The molecule has 0 aliphatic rings. The van der Waals surface area contributed by atoms with Crippen molar-refractivity contribution in [2.45, 2.75) is 13.8 Å². The normalized spacial score (nSPS) is 10.1. The lowest BCUT2D eigenvalue weighted by Gasteiger charge is -2.06. The molecule has 0 saturated heterocycles. The highest BCUT2D eigenvalue weighted by Crippen LogP contribution is 2.23. The van der Waals surface area contributed by atoms with Gasteiger partial charge in [0.25, 0.3) is 0 Å². The molecule has 0 radical (unpaired) electrons. The van der Waals surface area contributed by atoms with E-state index in [-0.39, 0.29) is 0 Å². The van der Waals surface area contributed by atoms with Gasteiger partial charge in [-0.25, -0.2) is 0 Å². The van der Waals surface area contributed by atoms with Crippen LogP contribution in [0.25, 0.3) is 11.1 Å². The second kappa shape index (κ2) is 4.79. The highest BCUT2D eigenvalue weighted by atomic mass is 16.5. The Kier molecular flexibility index (Phi) is 3.20. The van der Waals surface area contributed by atoms with E-state index in [4.69, 9.17) is 4.74 Å². The number of rotatable bonds is 3. The average Bonchev–Trinajstić information content (AvgIpc) is 2.30. The summed E-state index contributed by atoms with van der Waals surface area (Å²) >= 11 is 0. The second-order valence-corrected chi connectivity index (χ2v) is 3.71. The predicted molar refractivity (Wildman–Crippen MR) is 65.6 cm³/mol. The molecule has 0 N–H and O–H groups in total. The van der Waals surface area contributed by atoms with E-state index in [1.807, 2.05) is 44.4 Å². The van der Waals surface area contributed by atoms with Crippen molar-refractivity contribution in [3.05, 3.63) is 48.3 Å². The van der Waals surface area contributed by atoms with Gasteiger partial charge in [-0.15, -0.1) is 0 Å². The van der Waals surface area contributed by atoms with E-state index >= 15 is 0 Å². The van der Waals surface area contributed by atoms with Gasteiger partial charge in [-0.2, -0.15) is 0 Å². The van der Waals surface area contributed by atoms with Gasteiger partial charge in [0.2, 0.25) is 0 Å². The predicted octanol–water partition coefficient (Wildman–Crippen LogP) is 3.46. The van der Waals surface area contributed by atoms with E-state index < -0.39 is 0 Å². The van der Waals surface area contributed by atoms with E-state index in [2.05, 4.69) is 17.1 Å². The molecule has 16 heavy (non-hydrogen) atoms. The number of pyridine rings is 1. The molecule has 0 bridgehead atoms. The highest BCUT2D eigenvalue weighted by Gasteiger charge is 2.00. The van der Waals surface area contributed by atoms with Gasteiger partial charge in [-0.1, -0.05) is 12.1 Å². The molecule has 0 aliphatic heterocycles. The number of aryl methyl sites for hydroxylation is 1. The Balaban J connectivity index is 2.36. The van der Waals surface area contributed by atoms with E-state index in [0.717, 1.165) is 16.9 Å². The van der Waals surface area contributed by atoms with E-state index in [9.17, 15) is 0 Å². The number of benzene rings is 1. The molecule has 2 heteroatoms. The monoisotopic (exact) mass is 213 g/mol. The second-order valence-electron chi connectivity index (χ2n) is 3.71. The maximum atomic E-state index is 5.48. The Labute approximate surface area is 95.9 Å². The first-order valence-electron chi connectivity index (χ1n) is 5.44. The molecule has 82 valence electrons. The first kappa shape index (κ1) is 10.7. The highest BCUT2D eigenvalue weighted by molar-refractivity contribution is 5.64. The van der Waals surface area contributed by atoms with Gasteiger partial charge in [0.15, 0.2) is 0 Å². The van der Waals surface area contributed by atoms with Crippen molar-refractivity contribution in [1.82, 2.24) is 4.98 Å². The lowest BCUT2D eigenvalue weighted by Crippen LogP contribution is -1.91. The Bertz CT molecular complexity index is 480. The van der Waals surface area contributed by atoms with Crippen LogP contribution in [0.2, 0.25) is 0 Å². The lowest BCUT2D eigenvalue weighted by atomic mass is 10.1. The molecular formula is C14H15NO. The summed E-state index contributed by atoms with van der Waals surface area (Å²) in [5.74, 6) is 0.904. The molecule has 0 saturated carbocycles. The van der Waals surface area contributed by atoms with E-state index in [1.165, 1.54) is 5.56 Å². The van der Waals surface area contributed by atoms with Gasteiger partial charge in [0, 0.05) is 18.0 Å². The lowest BCUT2D eigenvalue weighted by molar-refractivity contribution is 0.340. The molecule has 1 aromatic heterocycles. The fraction of sp³-hybridized carbons (Fsp3) is 0.214. The van der Waals surface area contributed by atoms with Crippen LogP contribution >= 0.6 is 0 Å². The maximum absolute atomic E-state index is 5.48. The number of hydrogen-bond donors (Lipinski definition) is 0. The average molecular weight is 213 g/mol. The molecule has 0 amide bonds. The first-order chi connectivity index (χ1) is 7.79. The minimum absolute atomic E-state index is 0.690. The van der Waals surface area contributed by atoms with Crippen molar-refractivity contribution in [3.63, 3.8) is 0 Å². The summed E-state index contributed by atoms with van der Waals surface area (Å²) in [4.78, 5) is 4.20. The van der Waals surface area contributed by atoms with Crippen LogP contribution in [-0.2, 0) is 0 Å². The van der Waals surface area contributed by atoms with Crippen LogP contribution in [0.1, 0.15) is 12.5 Å². The third-order valence-electron chi connectivity index (χ3n) is 2.35. The molecule has 2 aromatic rings. The third kappa shape index (κ3) is 2.40. The first-order valence-corrected chi connectivity index (χ1v) is 5.44. The van der Waals surface area contributed by atoms with Crippen molar-refractivity contribution in [1.29, 1.82) is 0 Å². The molecule has 0 spiro atoms. The van der Waals surface area contributed by atoms with Crippen molar-refractivity contribution in [2.75, 3.05) is 6.61 Å². The molecule has 0 atom stereocenters. The van der Waals surface area contributed by atoms with Gasteiger partial charge in [-0.05, 0) is 43.2 Å². The SMILES string of the molecule is CCOc1cccc(-c2cncc(C)c2)c1. The summed E-state index contributed by atoms with van der Waals surface area (Å²) < 4.78 is 5.48. The molecular weight excluding hydrogens is 198 g/mol. The Morgan fingerprint density at radius 1 is 1.12 bits per heavy atom. The van der Waals surface area contributed by atoms with Crippen molar-refractivity contribution in [2.24, 2.45) is 0 Å². The largest absolute Gasteiger partial charge is 0.494 e. The summed E-state index contributed by atoms with van der Waals surface area (Å²) in [5.41, 5.74) is 3.43. The molecule has 2 rings (SSSR count). The van der Waals surface area contributed by atoms with Crippen LogP contribution in [0.15, 0.2) is 42.7 Å². The van der Waals surface area contributed by atoms with Crippen LogP contribution < -0.4 is 4.74 Å². The zero-order chi connectivity index (χ0) is 11.4. The Morgan fingerprint density at radius 2 is 2.00 bits per heavy atom. The maximum Gasteiger partial charge on any atom is 0.119 e. The molecule has 0 aliphatic carbocycles. The number of hydrogen-bond acceptors (Lipinski definition) is 2. The molecule has 1 heterocycles. The van der Waals surface area contributed by atoms with Gasteiger partial charge < -0.3 is 4.74 Å². The standard InChI is InChI=1S/C14H15NO/c1-3-16-14-6-4-5-12(8-14)13-7-11(2)9-15-10-13/h4-10H,3H2,1-2H3. The zero-order valence-corrected chi connectivity index (χ0v) is 9.60. The van der Waals surface area contributed by atoms with Crippen LogP contribution in [0.4, 0.5) is 0 Å². The van der Waals surface area contributed by atoms with Gasteiger partial charge in [0.05, 0.1) is 6.61 Å². The summed E-state index contributed by atoms with van der Waals surface area (Å²) in [5, 5.41) is 0. The van der Waals surface area contributed by atoms with Crippen LogP contribution in [0.5, 0.6) is 5.75 Å². The van der Waals surface area contributed by atoms with Gasteiger partial charge in [0.1, 0.15) is 5.75 Å². The topological polar surface area (TPSA) is 22.1 Å². The van der Waals surface area contributed by atoms with Crippen LogP contribution in [0, 0.1) is 6.92 Å². The van der Waals surface area contributed by atoms with E-state index in [0.29, 0.717) is 6.61 Å². The van der Waals surface area contributed by atoms with Crippen molar-refractivity contribution < 1.29 is 4.74 Å². The molecule has 1 aromatic carbocycles. The summed E-state index contributed by atoms with van der Waals surface area (Å²) in [6.07, 6.45) is 3.73. The Hall–Kier alpha value is -1.83. The summed E-state index contributed by atoms with van der Waals surface area (Å²) in [6, 6.07) is 10.2. The smallest absolute Gasteiger partial charge is 0.119 e. The minimum atomic E-state index is 0.690. The van der Waals surface area contributed by atoms with Crippen LogP contribution in [0.3, 0.4) is 0 Å². The van der Waals surface area contributed by atoms with Gasteiger partial charge in [-0.3, -0.25) is 4.98 Å². The molecule has 2 nitrogen and oxygen atoms in total. The quantitative estimate of drug-likeness (QED) is 0.779. The van der Waals surface area contributed by atoms with Gasteiger partial charge >= 0.3 is 0 Å². The van der Waals surface area contributed by atoms with E-state index in [1.54, 1.807) is 0 Å². The molecule has 0 fully saturated rings. The van der Waals surface area contributed by atoms with Crippen molar-refractivity contribution >= 4 is 0 Å². The fourth-order valence-electron chi connectivity index (χ4n) is 1.64. The zero-order valence-electron chi connectivity index (χ0n) is 9.60. The number of aromatic nitrogens is 1. The molecule has 0 unspecified atom stereocenters. The van der Waals surface area contributed by atoms with Crippen molar-refractivity contribution in [3.8, 4) is 16.9 Å². The number of nitrogens with zero attached hydrogens (tertiary/aromatic N) is 1. The van der Waals surface area contributed by atoms with Crippen LogP contribution in [-0.4, -0.2) is 11.6 Å². The minimum Gasteiger partial charge on any atom is -0.494 e. The summed E-state index contributed by atoms with van der Waals surface area (Å²) in [6.45, 7) is 4.72. The Morgan fingerprint density at radius 3 is 2.75 bits per heavy atom. The fourth-order valence-corrected chi connectivity index (χ4v) is 1.64. The number of ether oxygens (including phenoxy) is 1.